The molecule has 7 heteroatoms. The molecule has 0 saturated heterocycles. The summed E-state index contributed by atoms with van der Waals surface area (Å²) in [6, 6.07) is 3.69. The number of carbonyl (C=O) groups is 1. The first-order valence-corrected chi connectivity index (χ1v) is 6.79. The minimum absolute atomic E-state index is 0.280. The van der Waals surface area contributed by atoms with E-state index in [0.29, 0.717) is 18.0 Å². The molecule has 0 spiro atoms. The molecular formula is C15H14N6O. The normalized spacial score (nSPS) is 16.4. The summed E-state index contributed by atoms with van der Waals surface area (Å²) in [5.74, 6) is -0.280. The van der Waals surface area contributed by atoms with Gasteiger partial charge in [0.2, 0.25) is 0 Å². The molecule has 0 fully saturated rings. The molecule has 3 heterocycles. The standard InChI is InChI=1S/C15H14N6O/c1-10-5-18-12(7-17-10)8-20-15(22)13-9-19-14(21-13)11-3-2-4-16-6-11/h2-7,9,14H,8H2,1H3,(H,20,22). The van der Waals surface area contributed by atoms with E-state index in [4.69, 9.17) is 0 Å². The monoisotopic (exact) mass is 294 g/mol. The summed E-state index contributed by atoms with van der Waals surface area (Å²) < 4.78 is 0. The van der Waals surface area contributed by atoms with Crippen LogP contribution < -0.4 is 5.32 Å². The average Bonchev–Trinajstić information content (AvgIpc) is 3.05. The van der Waals surface area contributed by atoms with E-state index >= 15 is 0 Å². The number of amides is 1. The maximum absolute atomic E-state index is 12.1. The van der Waals surface area contributed by atoms with E-state index < -0.39 is 6.17 Å². The van der Waals surface area contributed by atoms with E-state index in [1.807, 2.05) is 19.1 Å². The number of carbonyl (C=O) groups excluding carboxylic acids is 1. The zero-order valence-corrected chi connectivity index (χ0v) is 12.0. The lowest BCUT2D eigenvalue weighted by Gasteiger charge is -2.04. The van der Waals surface area contributed by atoms with E-state index in [1.165, 1.54) is 6.21 Å². The van der Waals surface area contributed by atoms with E-state index in [-0.39, 0.29) is 5.91 Å². The van der Waals surface area contributed by atoms with Gasteiger partial charge in [-0.2, -0.15) is 0 Å². The Balaban J connectivity index is 1.61. The van der Waals surface area contributed by atoms with Gasteiger partial charge >= 0.3 is 0 Å². The van der Waals surface area contributed by atoms with Crippen LogP contribution in [0.1, 0.15) is 23.1 Å². The van der Waals surface area contributed by atoms with E-state index in [2.05, 4.69) is 30.3 Å². The number of aromatic nitrogens is 3. The molecule has 2 aromatic rings. The van der Waals surface area contributed by atoms with Crippen LogP contribution in [0.15, 0.2) is 46.9 Å². The fourth-order valence-electron chi connectivity index (χ4n) is 1.92. The van der Waals surface area contributed by atoms with Crippen LogP contribution in [0.5, 0.6) is 0 Å². The Morgan fingerprint density at radius 2 is 2.18 bits per heavy atom. The van der Waals surface area contributed by atoms with Crippen molar-refractivity contribution in [3.05, 3.63) is 53.9 Å². The first kappa shape index (κ1) is 14.0. The number of aliphatic imine (C=N–C) groups is 2. The summed E-state index contributed by atoms with van der Waals surface area (Å²) in [5, 5.41) is 2.75. The molecule has 1 unspecified atom stereocenters. The number of nitrogens with zero attached hydrogens (tertiary/aromatic N) is 5. The van der Waals surface area contributed by atoms with Crippen LogP contribution in [0.2, 0.25) is 0 Å². The number of aryl methyl sites for hydroxylation is 1. The zero-order valence-electron chi connectivity index (χ0n) is 12.0. The molecule has 7 nitrogen and oxygen atoms in total. The van der Waals surface area contributed by atoms with Crippen molar-refractivity contribution >= 4 is 17.8 Å². The van der Waals surface area contributed by atoms with Crippen LogP contribution >= 0.6 is 0 Å². The highest BCUT2D eigenvalue weighted by Gasteiger charge is 2.19. The molecule has 22 heavy (non-hydrogen) atoms. The SMILES string of the molecule is Cc1cnc(CNC(=O)C2=NC(c3cccnc3)N=C2)cn1. The fraction of sp³-hybridized carbons (Fsp3) is 0.200. The van der Waals surface area contributed by atoms with Crippen molar-refractivity contribution in [2.45, 2.75) is 19.6 Å². The first-order chi connectivity index (χ1) is 10.7. The lowest BCUT2D eigenvalue weighted by atomic mass is 10.2. The molecule has 110 valence electrons. The van der Waals surface area contributed by atoms with Gasteiger partial charge in [0.05, 0.1) is 30.3 Å². The summed E-state index contributed by atoms with van der Waals surface area (Å²) in [6.45, 7) is 2.16. The number of pyridine rings is 1. The summed E-state index contributed by atoms with van der Waals surface area (Å²) >= 11 is 0. The van der Waals surface area contributed by atoms with Crippen molar-refractivity contribution in [3.8, 4) is 0 Å². The summed E-state index contributed by atoms with van der Waals surface area (Å²) in [6.07, 6.45) is 7.76. The Labute approximate surface area is 127 Å². The van der Waals surface area contributed by atoms with Crippen LogP contribution in [-0.2, 0) is 11.3 Å². The molecule has 0 aliphatic carbocycles. The van der Waals surface area contributed by atoms with Crippen molar-refractivity contribution in [2.24, 2.45) is 9.98 Å². The lowest BCUT2D eigenvalue weighted by molar-refractivity contribution is -0.114. The maximum atomic E-state index is 12.1. The summed E-state index contributed by atoms with van der Waals surface area (Å²) in [5.41, 5.74) is 2.68. The molecule has 0 saturated carbocycles. The molecule has 0 radical (unpaired) electrons. The molecule has 3 rings (SSSR count). The molecule has 1 aliphatic rings. The second-order valence-electron chi connectivity index (χ2n) is 4.78. The van der Waals surface area contributed by atoms with E-state index in [1.54, 1.807) is 24.8 Å². The van der Waals surface area contributed by atoms with Gasteiger partial charge in [0.15, 0.2) is 6.17 Å². The molecule has 0 bridgehead atoms. The van der Waals surface area contributed by atoms with Gasteiger partial charge in [0.25, 0.3) is 5.91 Å². The minimum atomic E-state index is -0.395. The minimum Gasteiger partial charge on any atom is -0.345 e. The number of rotatable bonds is 4. The Hall–Kier alpha value is -2.96. The third kappa shape index (κ3) is 3.20. The Bertz CT molecular complexity index is 723. The zero-order chi connectivity index (χ0) is 15.4. The molecule has 0 aromatic carbocycles. The van der Waals surface area contributed by atoms with Gasteiger partial charge in [-0.25, -0.2) is 4.99 Å². The lowest BCUT2D eigenvalue weighted by Crippen LogP contribution is -2.31. The molecular weight excluding hydrogens is 280 g/mol. The van der Waals surface area contributed by atoms with Gasteiger partial charge in [-0.15, -0.1) is 0 Å². The van der Waals surface area contributed by atoms with Gasteiger partial charge in [0, 0.05) is 24.2 Å². The van der Waals surface area contributed by atoms with Crippen LogP contribution in [-0.4, -0.2) is 32.8 Å². The summed E-state index contributed by atoms with van der Waals surface area (Å²) in [7, 11) is 0. The smallest absolute Gasteiger partial charge is 0.271 e. The predicted octanol–water partition coefficient (Wildman–Crippen LogP) is 1.02. The Morgan fingerprint density at radius 1 is 1.27 bits per heavy atom. The highest BCUT2D eigenvalue weighted by molar-refractivity contribution is 6.61. The van der Waals surface area contributed by atoms with E-state index in [9.17, 15) is 4.79 Å². The molecule has 1 aliphatic heterocycles. The predicted molar refractivity (Wildman–Crippen MR) is 81.5 cm³/mol. The Kier molecular flexibility index (Phi) is 3.95. The molecule has 1 atom stereocenters. The maximum Gasteiger partial charge on any atom is 0.271 e. The quantitative estimate of drug-likeness (QED) is 0.911. The van der Waals surface area contributed by atoms with Crippen molar-refractivity contribution < 1.29 is 4.79 Å². The van der Waals surface area contributed by atoms with Gasteiger partial charge in [-0.1, -0.05) is 6.07 Å². The van der Waals surface area contributed by atoms with Gasteiger partial charge in [-0.3, -0.25) is 24.7 Å². The van der Waals surface area contributed by atoms with E-state index in [0.717, 1.165) is 11.3 Å². The van der Waals surface area contributed by atoms with Gasteiger partial charge in [0.1, 0.15) is 5.71 Å². The van der Waals surface area contributed by atoms with Gasteiger partial charge in [-0.05, 0) is 13.0 Å². The number of hydrogen-bond donors (Lipinski definition) is 1. The average molecular weight is 294 g/mol. The highest BCUT2D eigenvalue weighted by Crippen LogP contribution is 2.20. The highest BCUT2D eigenvalue weighted by atomic mass is 16.1. The second-order valence-corrected chi connectivity index (χ2v) is 4.78. The van der Waals surface area contributed by atoms with Crippen molar-refractivity contribution in [1.82, 2.24) is 20.3 Å². The largest absolute Gasteiger partial charge is 0.345 e. The van der Waals surface area contributed by atoms with Crippen molar-refractivity contribution in [3.63, 3.8) is 0 Å². The Morgan fingerprint density at radius 3 is 2.91 bits per heavy atom. The number of nitrogens with one attached hydrogen (secondary N) is 1. The van der Waals surface area contributed by atoms with Crippen molar-refractivity contribution in [1.29, 1.82) is 0 Å². The van der Waals surface area contributed by atoms with Gasteiger partial charge < -0.3 is 5.32 Å². The molecule has 2 aromatic heterocycles. The fourth-order valence-corrected chi connectivity index (χ4v) is 1.92. The first-order valence-electron chi connectivity index (χ1n) is 6.79. The van der Waals surface area contributed by atoms with Crippen molar-refractivity contribution in [2.75, 3.05) is 0 Å². The molecule has 1 amide bonds. The van der Waals surface area contributed by atoms with Crippen LogP contribution in [0.4, 0.5) is 0 Å². The second kappa shape index (κ2) is 6.21. The topological polar surface area (TPSA) is 92.5 Å². The third-order valence-corrected chi connectivity index (χ3v) is 3.08. The van der Waals surface area contributed by atoms with Crippen LogP contribution in [0, 0.1) is 6.92 Å². The third-order valence-electron chi connectivity index (χ3n) is 3.08. The molecule has 1 N–H and O–H groups in total. The van der Waals surface area contributed by atoms with Crippen LogP contribution in [0.3, 0.4) is 0 Å². The number of hydrogen-bond acceptors (Lipinski definition) is 6. The van der Waals surface area contributed by atoms with Crippen LogP contribution in [0.25, 0.3) is 0 Å². The summed E-state index contributed by atoms with van der Waals surface area (Å²) in [4.78, 5) is 32.9.